The predicted octanol–water partition coefficient (Wildman–Crippen LogP) is 2.31. The van der Waals surface area contributed by atoms with E-state index in [9.17, 15) is 19.5 Å². The second kappa shape index (κ2) is 10.3. The van der Waals surface area contributed by atoms with E-state index in [4.69, 9.17) is 9.47 Å². The molecule has 0 saturated carbocycles. The number of carboxylic acid groups (broad SMARTS) is 1. The molecular weight excluding hydrogens is 390 g/mol. The molecule has 1 aromatic rings. The number of hydrogen-bond acceptors (Lipinski definition) is 5. The fourth-order valence-electron chi connectivity index (χ4n) is 3.46. The SMILES string of the molecule is COCC(=O)N1CC[C@H](N(Cc2ccccc2)C(=O)O)[C@@H](NC(=O)OC(C)(C)C)C1. The number of nitrogens with zero attached hydrogens (tertiary/aromatic N) is 2. The Morgan fingerprint density at radius 1 is 1.23 bits per heavy atom. The van der Waals surface area contributed by atoms with E-state index in [1.54, 1.807) is 25.7 Å². The highest BCUT2D eigenvalue weighted by molar-refractivity contribution is 5.78. The van der Waals surface area contributed by atoms with Crippen LogP contribution in [0.3, 0.4) is 0 Å². The number of amides is 3. The minimum Gasteiger partial charge on any atom is -0.465 e. The summed E-state index contributed by atoms with van der Waals surface area (Å²) in [6.45, 7) is 5.90. The summed E-state index contributed by atoms with van der Waals surface area (Å²) in [6.07, 6.45) is -1.35. The standard InChI is InChI=1S/C21H31N3O6/c1-21(2,3)30-19(26)22-16-13-23(18(25)14-29-4)11-10-17(16)24(20(27)28)12-15-8-6-5-7-9-15/h5-9,16-17H,10-14H2,1-4H3,(H,22,26)(H,27,28)/t16-,17-/m0/s1. The summed E-state index contributed by atoms with van der Waals surface area (Å²) in [7, 11) is 1.44. The Morgan fingerprint density at radius 2 is 1.90 bits per heavy atom. The second-order valence-corrected chi connectivity index (χ2v) is 8.28. The van der Waals surface area contributed by atoms with E-state index < -0.39 is 29.9 Å². The van der Waals surface area contributed by atoms with Gasteiger partial charge in [0.2, 0.25) is 5.91 Å². The highest BCUT2D eigenvalue weighted by Gasteiger charge is 2.38. The lowest BCUT2D eigenvalue weighted by Gasteiger charge is -2.43. The van der Waals surface area contributed by atoms with Gasteiger partial charge in [0, 0.05) is 26.7 Å². The molecule has 1 aliphatic heterocycles. The molecule has 0 aliphatic carbocycles. The van der Waals surface area contributed by atoms with Crippen molar-refractivity contribution in [1.82, 2.24) is 15.1 Å². The number of likely N-dealkylation sites (tertiary alicyclic amines) is 1. The number of carbonyl (C=O) groups is 3. The molecule has 1 fully saturated rings. The molecule has 1 heterocycles. The number of rotatable bonds is 6. The minimum absolute atomic E-state index is 0.0729. The summed E-state index contributed by atoms with van der Waals surface area (Å²) in [6, 6.07) is 8.13. The van der Waals surface area contributed by atoms with Gasteiger partial charge in [-0.1, -0.05) is 30.3 Å². The molecule has 0 radical (unpaired) electrons. The van der Waals surface area contributed by atoms with Crippen LogP contribution >= 0.6 is 0 Å². The van der Waals surface area contributed by atoms with Gasteiger partial charge < -0.3 is 24.8 Å². The number of hydrogen-bond donors (Lipinski definition) is 2. The first-order valence-electron chi connectivity index (χ1n) is 9.90. The van der Waals surface area contributed by atoms with Gasteiger partial charge in [-0.15, -0.1) is 0 Å². The molecule has 2 rings (SSSR count). The third kappa shape index (κ3) is 6.91. The zero-order valence-electron chi connectivity index (χ0n) is 18.0. The predicted molar refractivity (Wildman–Crippen MR) is 110 cm³/mol. The van der Waals surface area contributed by atoms with E-state index in [0.29, 0.717) is 13.0 Å². The van der Waals surface area contributed by atoms with Gasteiger partial charge in [-0.05, 0) is 32.8 Å². The minimum atomic E-state index is -1.09. The highest BCUT2D eigenvalue weighted by atomic mass is 16.6. The van der Waals surface area contributed by atoms with Gasteiger partial charge >= 0.3 is 12.2 Å². The average molecular weight is 421 g/mol. The van der Waals surface area contributed by atoms with Gasteiger partial charge in [0.15, 0.2) is 0 Å². The van der Waals surface area contributed by atoms with Crippen LogP contribution in [0.1, 0.15) is 32.8 Å². The molecule has 9 heteroatoms. The zero-order chi connectivity index (χ0) is 22.3. The van der Waals surface area contributed by atoms with Crippen molar-refractivity contribution in [3.63, 3.8) is 0 Å². The maximum absolute atomic E-state index is 12.4. The average Bonchev–Trinajstić information content (AvgIpc) is 2.65. The van der Waals surface area contributed by atoms with E-state index in [2.05, 4.69) is 5.32 Å². The number of methoxy groups -OCH3 is 1. The van der Waals surface area contributed by atoms with Crippen LogP contribution < -0.4 is 5.32 Å². The molecule has 166 valence electrons. The Hall–Kier alpha value is -2.81. The van der Waals surface area contributed by atoms with Crippen LogP contribution in [-0.2, 0) is 20.8 Å². The fraction of sp³-hybridized carbons (Fsp3) is 0.571. The van der Waals surface area contributed by atoms with Crippen LogP contribution in [0.15, 0.2) is 30.3 Å². The van der Waals surface area contributed by atoms with E-state index in [-0.39, 0.29) is 25.6 Å². The first kappa shape index (κ1) is 23.5. The molecular formula is C21H31N3O6. The van der Waals surface area contributed by atoms with Crippen LogP contribution in [0.4, 0.5) is 9.59 Å². The van der Waals surface area contributed by atoms with Gasteiger partial charge in [-0.2, -0.15) is 0 Å². The monoisotopic (exact) mass is 421 g/mol. The van der Waals surface area contributed by atoms with Gasteiger partial charge in [-0.3, -0.25) is 9.69 Å². The van der Waals surface area contributed by atoms with Crippen LogP contribution in [0.25, 0.3) is 0 Å². The molecule has 0 aromatic heterocycles. The summed E-state index contributed by atoms with van der Waals surface area (Å²) >= 11 is 0. The number of benzene rings is 1. The molecule has 0 unspecified atom stereocenters. The number of ether oxygens (including phenoxy) is 2. The molecule has 1 aliphatic rings. The molecule has 1 saturated heterocycles. The summed E-state index contributed by atoms with van der Waals surface area (Å²) in [5.41, 5.74) is 0.143. The Balaban J connectivity index is 2.22. The summed E-state index contributed by atoms with van der Waals surface area (Å²) in [5.74, 6) is -0.211. The van der Waals surface area contributed by atoms with Crippen LogP contribution in [0, 0.1) is 0 Å². The molecule has 0 bridgehead atoms. The normalized spacial score (nSPS) is 19.1. The second-order valence-electron chi connectivity index (χ2n) is 8.28. The van der Waals surface area contributed by atoms with E-state index in [0.717, 1.165) is 5.56 Å². The van der Waals surface area contributed by atoms with Crippen LogP contribution in [0.5, 0.6) is 0 Å². The Bertz CT molecular complexity index is 734. The smallest absolute Gasteiger partial charge is 0.408 e. The van der Waals surface area contributed by atoms with E-state index >= 15 is 0 Å². The first-order chi connectivity index (χ1) is 14.1. The van der Waals surface area contributed by atoms with Gasteiger partial charge in [0.1, 0.15) is 12.2 Å². The molecule has 30 heavy (non-hydrogen) atoms. The van der Waals surface area contributed by atoms with Crippen molar-refractivity contribution in [3.8, 4) is 0 Å². The molecule has 1 aromatic carbocycles. The van der Waals surface area contributed by atoms with Crippen molar-refractivity contribution in [2.45, 2.75) is 51.4 Å². The van der Waals surface area contributed by atoms with Crippen molar-refractivity contribution in [3.05, 3.63) is 35.9 Å². The lowest BCUT2D eigenvalue weighted by molar-refractivity contribution is -0.137. The van der Waals surface area contributed by atoms with Crippen molar-refractivity contribution in [1.29, 1.82) is 0 Å². The van der Waals surface area contributed by atoms with Gasteiger partial charge in [0.25, 0.3) is 0 Å². The van der Waals surface area contributed by atoms with Gasteiger partial charge in [-0.25, -0.2) is 9.59 Å². The Morgan fingerprint density at radius 3 is 2.47 bits per heavy atom. The number of nitrogens with one attached hydrogen (secondary N) is 1. The van der Waals surface area contributed by atoms with Gasteiger partial charge in [0.05, 0.1) is 12.1 Å². The molecule has 3 amide bonds. The third-order valence-electron chi connectivity index (χ3n) is 4.74. The largest absolute Gasteiger partial charge is 0.465 e. The maximum atomic E-state index is 12.4. The molecule has 0 spiro atoms. The number of carbonyl (C=O) groups excluding carboxylic acids is 2. The number of alkyl carbamates (subject to hydrolysis) is 1. The van der Waals surface area contributed by atoms with Crippen LogP contribution in [-0.4, -0.2) is 77.5 Å². The topological polar surface area (TPSA) is 108 Å². The van der Waals surface area contributed by atoms with Crippen molar-refractivity contribution in [2.75, 3.05) is 26.8 Å². The summed E-state index contributed by atoms with van der Waals surface area (Å²) < 4.78 is 10.3. The van der Waals surface area contributed by atoms with Crippen molar-refractivity contribution >= 4 is 18.1 Å². The Kier molecular flexibility index (Phi) is 8.05. The summed E-state index contributed by atoms with van der Waals surface area (Å²) in [4.78, 5) is 39.6. The van der Waals surface area contributed by atoms with Crippen molar-refractivity contribution in [2.24, 2.45) is 0 Å². The lowest BCUT2D eigenvalue weighted by atomic mass is 9.97. The van der Waals surface area contributed by atoms with E-state index in [1.807, 2.05) is 30.3 Å². The van der Waals surface area contributed by atoms with Crippen molar-refractivity contribution < 1.29 is 29.0 Å². The molecule has 2 atom stereocenters. The van der Waals surface area contributed by atoms with Crippen LogP contribution in [0.2, 0.25) is 0 Å². The molecule has 2 N–H and O–H groups in total. The first-order valence-corrected chi connectivity index (χ1v) is 9.90. The zero-order valence-corrected chi connectivity index (χ0v) is 18.0. The maximum Gasteiger partial charge on any atom is 0.408 e. The quantitative estimate of drug-likeness (QED) is 0.730. The van der Waals surface area contributed by atoms with E-state index in [1.165, 1.54) is 12.0 Å². The third-order valence-corrected chi connectivity index (χ3v) is 4.74. The lowest BCUT2D eigenvalue weighted by Crippen LogP contribution is -2.62. The molecule has 9 nitrogen and oxygen atoms in total. The number of piperidine rings is 1. The highest BCUT2D eigenvalue weighted by Crippen LogP contribution is 2.21. The Labute approximate surface area is 176 Å². The fourth-order valence-corrected chi connectivity index (χ4v) is 3.46. The summed E-state index contributed by atoms with van der Waals surface area (Å²) in [5, 5.41) is 12.6.